The topological polar surface area (TPSA) is 61.0 Å². The Morgan fingerprint density at radius 3 is 2.52 bits per heavy atom. The van der Waals surface area contributed by atoms with Crippen molar-refractivity contribution >= 4 is 0 Å². The molecule has 0 radical (unpaired) electrons. The number of rotatable bonds is 7. The quantitative estimate of drug-likeness (QED) is 0.798. The summed E-state index contributed by atoms with van der Waals surface area (Å²) < 4.78 is 31.4. The van der Waals surface area contributed by atoms with Gasteiger partial charge in [-0.05, 0) is 49.9 Å². The second-order valence-electron chi connectivity index (χ2n) is 7.16. The molecule has 0 saturated heterocycles. The summed E-state index contributed by atoms with van der Waals surface area (Å²) in [6.45, 7) is 8.43. The van der Waals surface area contributed by atoms with Crippen molar-refractivity contribution in [1.29, 1.82) is 0 Å². The zero-order valence-electron chi connectivity index (χ0n) is 15.1. The van der Waals surface area contributed by atoms with Crippen LogP contribution in [-0.4, -0.2) is 22.1 Å². The normalized spacial score (nSPS) is 14.0. The number of alkyl halides is 2. The highest BCUT2D eigenvalue weighted by Crippen LogP contribution is 2.27. The summed E-state index contributed by atoms with van der Waals surface area (Å²) in [5.41, 5.74) is 7.79. The van der Waals surface area contributed by atoms with Gasteiger partial charge in [0.2, 0.25) is 5.88 Å². The molecule has 2 aromatic rings. The van der Waals surface area contributed by atoms with Gasteiger partial charge in [-0.15, -0.1) is 0 Å². The molecule has 25 heavy (non-hydrogen) atoms. The van der Waals surface area contributed by atoms with Gasteiger partial charge in [0.15, 0.2) is 0 Å². The van der Waals surface area contributed by atoms with Crippen molar-refractivity contribution in [2.24, 2.45) is 11.7 Å². The molecule has 0 spiro atoms. The molecular weight excluding hydrogens is 324 g/mol. The molecule has 0 saturated carbocycles. The fraction of sp³-hybridized carbons (Fsp3) is 0.474. The zero-order chi connectivity index (χ0) is 18.6. The number of halogens is 2. The molecular formula is C19H25F2N3O. The Hall–Kier alpha value is -2.08. The second kappa shape index (κ2) is 7.87. The molecule has 0 bridgehead atoms. The van der Waals surface area contributed by atoms with E-state index in [-0.39, 0.29) is 5.69 Å². The molecule has 0 unspecified atom stereocenters. The fourth-order valence-electron chi connectivity index (χ4n) is 2.84. The maximum absolute atomic E-state index is 12.8. The minimum Gasteiger partial charge on any atom is -0.476 e. The predicted octanol–water partition coefficient (Wildman–Crippen LogP) is 4.53. The molecule has 0 aliphatic heterocycles. The summed E-state index contributed by atoms with van der Waals surface area (Å²) in [7, 11) is 0. The molecule has 4 nitrogen and oxygen atoms in total. The van der Waals surface area contributed by atoms with Crippen molar-refractivity contribution in [1.82, 2.24) is 9.97 Å². The Kier molecular flexibility index (Phi) is 6.06. The zero-order valence-corrected chi connectivity index (χ0v) is 15.1. The van der Waals surface area contributed by atoms with E-state index in [0.717, 1.165) is 17.5 Å². The summed E-state index contributed by atoms with van der Waals surface area (Å²) in [6.07, 6.45) is 1.24. The molecule has 2 heterocycles. The van der Waals surface area contributed by atoms with E-state index in [1.165, 1.54) is 12.3 Å². The average molecular weight is 349 g/mol. The van der Waals surface area contributed by atoms with Gasteiger partial charge in [0.25, 0.3) is 6.43 Å². The Labute approximate surface area is 147 Å². The van der Waals surface area contributed by atoms with Crippen molar-refractivity contribution in [2.45, 2.75) is 46.1 Å². The van der Waals surface area contributed by atoms with Crippen LogP contribution in [0, 0.1) is 12.8 Å². The SMILES string of the molecule is Cc1cc(-c2ccnc(C(F)F)c2)cnc1OC[C@@](C)(N)CC(C)C. The van der Waals surface area contributed by atoms with Crippen LogP contribution in [0.2, 0.25) is 0 Å². The number of hydrogen-bond donors (Lipinski definition) is 1. The summed E-state index contributed by atoms with van der Waals surface area (Å²) in [5.74, 6) is 0.984. The first kappa shape index (κ1) is 19.2. The van der Waals surface area contributed by atoms with Crippen LogP contribution in [-0.2, 0) is 0 Å². The first-order chi connectivity index (χ1) is 11.7. The van der Waals surface area contributed by atoms with Crippen molar-refractivity contribution in [3.63, 3.8) is 0 Å². The maximum Gasteiger partial charge on any atom is 0.280 e. The van der Waals surface area contributed by atoms with Crippen LogP contribution in [0.3, 0.4) is 0 Å². The van der Waals surface area contributed by atoms with Crippen LogP contribution in [0.25, 0.3) is 11.1 Å². The lowest BCUT2D eigenvalue weighted by Gasteiger charge is -2.26. The molecule has 0 aliphatic rings. The first-order valence-electron chi connectivity index (χ1n) is 8.31. The third-order valence-electron chi connectivity index (χ3n) is 3.78. The van der Waals surface area contributed by atoms with Gasteiger partial charge in [0, 0.05) is 29.1 Å². The highest BCUT2D eigenvalue weighted by Gasteiger charge is 2.21. The van der Waals surface area contributed by atoms with Crippen LogP contribution in [0.5, 0.6) is 5.88 Å². The van der Waals surface area contributed by atoms with Gasteiger partial charge in [-0.1, -0.05) is 13.8 Å². The standard InChI is InChI=1S/C19H25F2N3O/c1-12(2)9-19(4,22)11-25-18-13(3)7-15(10-24-18)14-5-6-23-16(8-14)17(20)21/h5-8,10,12,17H,9,11,22H2,1-4H3/t19-/m0/s1. The lowest BCUT2D eigenvalue weighted by Crippen LogP contribution is -2.43. The lowest BCUT2D eigenvalue weighted by molar-refractivity contribution is 0.146. The van der Waals surface area contributed by atoms with E-state index >= 15 is 0 Å². The van der Waals surface area contributed by atoms with Gasteiger partial charge in [0.05, 0.1) is 0 Å². The van der Waals surface area contributed by atoms with Crippen LogP contribution in [0.1, 0.15) is 44.9 Å². The van der Waals surface area contributed by atoms with Crippen molar-refractivity contribution in [2.75, 3.05) is 6.61 Å². The number of aromatic nitrogens is 2. The molecule has 0 aromatic carbocycles. The van der Waals surface area contributed by atoms with Crippen molar-refractivity contribution in [3.05, 3.63) is 41.9 Å². The number of pyridine rings is 2. The smallest absolute Gasteiger partial charge is 0.280 e. The molecule has 0 amide bonds. The fourth-order valence-corrected chi connectivity index (χ4v) is 2.84. The number of nitrogens with zero attached hydrogens (tertiary/aromatic N) is 2. The number of nitrogens with two attached hydrogens (primary N) is 1. The summed E-state index contributed by atoms with van der Waals surface area (Å²) in [6, 6.07) is 4.92. The minimum absolute atomic E-state index is 0.247. The van der Waals surface area contributed by atoms with Crippen LogP contribution < -0.4 is 10.5 Å². The lowest BCUT2D eigenvalue weighted by atomic mass is 9.93. The highest BCUT2D eigenvalue weighted by atomic mass is 19.3. The molecule has 2 N–H and O–H groups in total. The number of hydrogen-bond acceptors (Lipinski definition) is 4. The second-order valence-corrected chi connectivity index (χ2v) is 7.16. The summed E-state index contributed by atoms with van der Waals surface area (Å²) >= 11 is 0. The van der Waals surface area contributed by atoms with Crippen LogP contribution in [0.4, 0.5) is 8.78 Å². The van der Waals surface area contributed by atoms with Gasteiger partial charge in [-0.3, -0.25) is 4.98 Å². The van der Waals surface area contributed by atoms with E-state index in [9.17, 15) is 8.78 Å². The highest BCUT2D eigenvalue weighted by molar-refractivity contribution is 5.64. The Bertz CT molecular complexity index is 718. The molecule has 6 heteroatoms. The summed E-state index contributed by atoms with van der Waals surface area (Å²) in [4.78, 5) is 8.00. The number of aryl methyl sites for hydroxylation is 1. The maximum atomic E-state index is 12.8. The Balaban J connectivity index is 2.14. The first-order valence-corrected chi connectivity index (χ1v) is 8.31. The monoisotopic (exact) mass is 349 g/mol. The van der Waals surface area contributed by atoms with E-state index in [0.29, 0.717) is 24.0 Å². The largest absolute Gasteiger partial charge is 0.476 e. The average Bonchev–Trinajstić information content (AvgIpc) is 2.52. The molecule has 2 aromatic heterocycles. The Morgan fingerprint density at radius 1 is 1.20 bits per heavy atom. The van der Waals surface area contributed by atoms with E-state index in [4.69, 9.17) is 10.5 Å². The van der Waals surface area contributed by atoms with E-state index in [1.54, 1.807) is 12.3 Å². The minimum atomic E-state index is -2.60. The van der Waals surface area contributed by atoms with Gasteiger partial charge < -0.3 is 10.5 Å². The van der Waals surface area contributed by atoms with E-state index in [1.807, 2.05) is 19.9 Å². The molecule has 0 aliphatic carbocycles. The molecule has 0 fully saturated rings. The van der Waals surface area contributed by atoms with Gasteiger partial charge in [-0.2, -0.15) is 0 Å². The van der Waals surface area contributed by atoms with Gasteiger partial charge in [0.1, 0.15) is 12.3 Å². The van der Waals surface area contributed by atoms with Crippen molar-refractivity contribution < 1.29 is 13.5 Å². The predicted molar refractivity (Wildman–Crippen MR) is 94.7 cm³/mol. The van der Waals surface area contributed by atoms with Gasteiger partial charge in [-0.25, -0.2) is 13.8 Å². The van der Waals surface area contributed by atoms with Crippen molar-refractivity contribution in [3.8, 4) is 17.0 Å². The van der Waals surface area contributed by atoms with E-state index < -0.39 is 12.0 Å². The van der Waals surface area contributed by atoms with Gasteiger partial charge >= 0.3 is 0 Å². The molecule has 136 valence electrons. The summed E-state index contributed by atoms with van der Waals surface area (Å²) in [5, 5.41) is 0. The van der Waals surface area contributed by atoms with Crippen LogP contribution in [0.15, 0.2) is 30.6 Å². The third-order valence-corrected chi connectivity index (χ3v) is 3.78. The van der Waals surface area contributed by atoms with Crippen LogP contribution >= 0.6 is 0 Å². The third kappa shape index (κ3) is 5.46. The molecule has 2 rings (SSSR count). The Morgan fingerprint density at radius 2 is 1.92 bits per heavy atom. The molecule has 1 atom stereocenters. The van der Waals surface area contributed by atoms with E-state index in [2.05, 4.69) is 23.8 Å². The number of ether oxygens (including phenoxy) is 1.